The van der Waals surface area contributed by atoms with Crippen LogP contribution in [0.5, 0.6) is 0 Å². The fourth-order valence-corrected chi connectivity index (χ4v) is 2.46. The smallest absolute Gasteiger partial charge is 0.307 e. The van der Waals surface area contributed by atoms with Gasteiger partial charge in [0, 0.05) is 18.1 Å². The average Bonchev–Trinajstić information content (AvgIpc) is 2.91. The third-order valence-corrected chi connectivity index (χ3v) is 3.83. The maximum absolute atomic E-state index is 12.0. The summed E-state index contributed by atoms with van der Waals surface area (Å²) in [7, 11) is 0. The van der Waals surface area contributed by atoms with E-state index in [0.717, 1.165) is 5.69 Å². The highest BCUT2D eigenvalue weighted by atomic mass is 16.4. The van der Waals surface area contributed by atoms with Gasteiger partial charge in [-0.1, -0.05) is 0 Å². The Labute approximate surface area is 121 Å². The van der Waals surface area contributed by atoms with Crippen LogP contribution in [0.4, 0.5) is 5.69 Å². The fourth-order valence-electron chi connectivity index (χ4n) is 2.46. The first-order chi connectivity index (χ1) is 10.1. The normalized spacial score (nSPS) is 20.6. The van der Waals surface area contributed by atoms with E-state index in [-0.39, 0.29) is 5.91 Å². The molecule has 0 aliphatic heterocycles. The van der Waals surface area contributed by atoms with E-state index in [4.69, 9.17) is 5.11 Å². The van der Waals surface area contributed by atoms with Crippen molar-refractivity contribution in [2.45, 2.75) is 12.8 Å². The Morgan fingerprint density at radius 3 is 2.43 bits per heavy atom. The van der Waals surface area contributed by atoms with Gasteiger partial charge in [-0.2, -0.15) is 5.10 Å². The lowest BCUT2D eigenvalue weighted by molar-refractivity contribution is -0.151. The van der Waals surface area contributed by atoms with E-state index in [2.05, 4.69) is 10.4 Å². The van der Waals surface area contributed by atoms with Crippen molar-refractivity contribution < 1.29 is 14.7 Å². The van der Waals surface area contributed by atoms with Crippen molar-refractivity contribution in [1.82, 2.24) is 9.78 Å². The molecule has 1 saturated carbocycles. The van der Waals surface area contributed by atoms with Crippen molar-refractivity contribution in [1.29, 1.82) is 0 Å². The van der Waals surface area contributed by atoms with Gasteiger partial charge in [0.15, 0.2) is 0 Å². The molecule has 6 heteroatoms. The molecule has 2 atom stereocenters. The number of carboxylic acids is 1. The molecule has 0 radical (unpaired) electrons. The zero-order chi connectivity index (χ0) is 14.8. The van der Waals surface area contributed by atoms with Gasteiger partial charge < -0.3 is 10.4 Å². The van der Waals surface area contributed by atoms with Gasteiger partial charge in [0.25, 0.3) is 0 Å². The highest BCUT2D eigenvalue weighted by Crippen LogP contribution is 2.35. The summed E-state index contributed by atoms with van der Waals surface area (Å²) in [6.07, 6.45) is 4.73. The van der Waals surface area contributed by atoms with Crippen molar-refractivity contribution in [3.8, 4) is 5.69 Å². The van der Waals surface area contributed by atoms with Gasteiger partial charge in [-0.05, 0) is 43.2 Å². The first-order valence-electron chi connectivity index (χ1n) is 6.79. The predicted molar refractivity (Wildman–Crippen MR) is 76.0 cm³/mol. The minimum atomic E-state index is -0.893. The number of carbonyl (C=O) groups excluding carboxylic acids is 1. The van der Waals surface area contributed by atoms with Gasteiger partial charge in [-0.3, -0.25) is 9.59 Å². The van der Waals surface area contributed by atoms with Crippen molar-refractivity contribution in [3.63, 3.8) is 0 Å². The second-order valence-electron chi connectivity index (χ2n) is 5.12. The summed E-state index contributed by atoms with van der Waals surface area (Å²) in [6, 6.07) is 9.08. The Balaban J connectivity index is 1.65. The summed E-state index contributed by atoms with van der Waals surface area (Å²) in [5, 5.41) is 15.9. The summed E-state index contributed by atoms with van der Waals surface area (Å²) in [4.78, 5) is 23.0. The molecular formula is C15H15N3O3. The Hall–Kier alpha value is -2.63. The molecule has 1 aliphatic carbocycles. The van der Waals surface area contributed by atoms with E-state index in [9.17, 15) is 9.59 Å². The summed E-state index contributed by atoms with van der Waals surface area (Å²) >= 11 is 0. The second kappa shape index (κ2) is 5.40. The quantitative estimate of drug-likeness (QED) is 0.899. The summed E-state index contributed by atoms with van der Waals surface area (Å²) in [5.41, 5.74) is 1.55. The molecular weight excluding hydrogens is 270 g/mol. The van der Waals surface area contributed by atoms with Gasteiger partial charge in [0.05, 0.1) is 17.5 Å². The zero-order valence-corrected chi connectivity index (χ0v) is 11.3. The molecule has 2 aromatic rings. The number of anilines is 1. The zero-order valence-electron chi connectivity index (χ0n) is 11.3. The van der Waals surface area contributed by atoms with E-state index in [1.54, 1.807) is 23.0 Å². The topological polar surface area (TPSA) is 84.2 Å². The highest BCUT2D eigenvalue weighted by molar-refractivity contribution is 5.96. The van der Waals surface area contributed by atoms with Crippen LogP contribution in [-0.2, 0) is 9.59 Å². The van der Waals surface area contributed by atoms with Crippen molar-refractivity contribution >= 4 is 17.6 Å². The van der Waals surface area contributed by atoms with Gasteiger partial charge >= 0.3 is 5.97 Å². The molecule has 3 rings (SSSR count). The third-order valence-electron chi connectivity index (χ3n) is 3.83. The van der Waals surface area contributed by atoms with Gasteiger partial charge in [0.2, 0.25) is 5.91 Å². The number of benzene rings is 1. The van der Waals surface area contributed by atoms with Crippen LogP contribution < -0.4 is 5.32 Å². The monoisotopic (exact) mass is 285 g/mol. The number of hydrogen-bond donors (Lipinski definition) is 2. The molecule has 1 aromatic carbocycles. The van der Waals surface area contributed by atoms with E-state index < -0.39 is 17.8 Å². The molecule has 1 amide bonds. The van der Waals surface area contributed by atoms with Crippen LogP contribution in [0.15, 0.2) is 42.7 Å². The minimum absolute atomic E-state index is 0.222. The standard InChI is InChI=1S/C15H15N3O3/c19-14(12-6-7-13(12)15(20)21)17-10-2-4-11(5-3-10)18-9-1-8-16-18/h1-5,8-9,12-13H,6-7H2,(H,17,19)(H,20,21). The van der Waals surface area contributed by atoms with Crippen molar-refractivity contribution in [3.05, 3.63) is 42.7 Å². The van der Waals surface area contributed by atoms with Crippen LogP contribution in [0.25, 0.3) is 5.69 Å². The van der Waals surface area contributed by atoms with Crippen molar-refractivity contribution in [2.75, 3.05) is 5.32 Å². The average molecular weight is 285 g/mol. The van der Waals surface area contributed by atoms with E-state index in [1.807, 2.05) is 24.4 Å². The van der Waals surface area contributed by atoms with E-state index in [1.165, 1.54) is 0 Å². The number of aliphatic carboxylic acids is 1. The van der Waals surface area contributed by atoms with Crippen LogP contribution in [0.3, 0.4) is 0 Å². The number of amides is 1. The van der Waals surface area contributed by atoms with Crippen LogP contribution in [-0.4, -0.2) is 26.8 Å². The summed E-state index contributed by atoms with van der Waals surface area (Å²) in [5.74, 6) is -2.09. The number of rotatable bonds is 4. The van der Waals surface area contributed by atoms with Crippen LogP contribution in [0, 0.1) is 11.8 Å². The summed E-state index contributed by atoms with van der Waals surface area (Å²) < 4.78 is 1.72. The number of nitrogens with zero attached hydrogens (tertiary/aromatic N) is 2. The minimum Gasteiger partial charge on any atom is -0.481 e. The number of nitrogens with one attached hydrogen (secondary N) is 1. The molecule has 0 bridgehead atoms. The predicted octanol–water partition coefficient (Wildman–Crippen LogP) is 1.92. The van der Waals surface area contributed by atoms with Gasteiger partial charge in [0.1, 0.15) is 0 Å². The molecule has 6 nitrogen and oxygen atoms in total. The molecule has 1 fully saturated rings. The number of carbonyl (C=O) groups is 2. The van der Waals surface area contributed by atoms with E-state index >= 15 is 0 Å². The Bertz CT molecular complexity index is 649. The van der Waals surface area contributed by atoms with Crippen LogP contribution >= 0.6 is 0 Å². The van der Waals surface area contributed by atoms with Gasteiger partial charge in [-0.15, -0.1) is 0 Å². The summed E-state index contributed by atoms with van der Waals surface area (Å²) in [6.45, 7) is 0. The first kappa shape index (κ1) is 13.4. The molecule has 1 heterocycles. The number of hydrogen-bond acceptors (Lipinski definition) is 3. The lowest BCUT2D eigenvalue weighted by atomic mass is 9.73. The molecule has 2 unspecified atom stereocenters. The second-order valence-corrected chi connectivity index (χ2v) is 5.12. The van der Waals surface area contributed by atoms with Crippen LogP contribution in [0.2, 0.25) is 0 Å². The fraction of sp³-hybridized carbons (Fsp3) is 0.267. The largest absolute Gasteiger partial charge is 0.481 e. The van der Waals surface area contributed by atoms with E-state index in [0.29, 0.717) is 18.5 Å². The lowest BCUT2D eigenvalue weighted by Gasteiger charge is -2.31. The van der Waals surface area contributed by atoms with Crippen molar-refractivity contribution in [2.24, 2.45) is 11.8 Å². The lowest BCUT2D eigenvalue weighted by Crippen LogP contribution is -2.41. The van der Waals surface area contributed by atoms with Gasteiger partial charge in [-0.25, -0.2) is 4.68 Å². The maximum atomic E-state index is 12.0. The first-order valence-corrected chi connectivity index (χ1v) is 6.79. The number of aromatic nitrogens is 2. The maximum Gasteiger partial charge on any atom is 0.307 e. The van der Waals surface area contributed by atoms with Crippen LogP contribution in [0.1, 0.15) is 12.8 Å². The Morgan fingerprint density at radius 1 is 1.19 bits per heavy atom. The molecule has 21 heavy (non-hydrogen) atoms. The molecule has 1 aromatic heterocycles. The molecule has 0 spiro atoms. The molecule has 108 valence electrons. The third kappa shape index (κ3) is 2.65. The molecule has 1 aliphatic rings. The molecule has 2 N–H and O–H groups in total. The Kier molecular flexibility index (Phi) is 3.43. The number of carboxylic acid groups (broad SMARTS) is 1. The highest BCUT2D eigenvalue weighted by Gasteiger charge is 2.41. The SMILES string of the molecule is O=C(O)C1CCC1C(=O)Nc1ccc(-n2cccn2)cc1. The Morgan fingerprint density at radius 2 is 1.90 bits per heavy atom. The molecule has 0 saturated heterocycles.